The Morgan fingerprint density at radius 1 is 1.18 bits per heavy atom. The zero-order valence-corrected chi connectivity index (χ0v) is 30.0. The topological polar surface area (TPSA) is 181 Å². The quantitative estimate of drug-likeness (QED) is 0.337. The molecular formula is C34H42FN5O9S2. The lowest BCUT2D eigenvalue weighted by Gasteiger charge is -2.31. The van der Waals surface area contributed by atoms with E-state index in [1.54, 1.807) is 19.9 Å². The number of halogens is 1. The van der Waals surface area contributed by atoms with Crippen LogP contribution >= 0.6 is 11.2 Å². The molecule has 1 aliphatic carbocycles. The van der Waals surface area contributed by atoms with Crippen LogP contribution in [0.4, 0.5) is 14.0 Å². The van der Waals surface area contributed by atoms with E-state index in [1.165, 1.54) is 17.0 Å². The van der Waals surface area contributed by atoms with Crippen molar-refractivity contribution in [2.24, 2.45) is 5.92 Å². The van der Waals surface area contributed by atoms with Crippen molar-refractivity contribution >= 4 is 57.2 Å². The van der Waals surface area contributed by atoms with Crippen molar-refractivity contribution in [3.63, 3.8) is 0 Å². The molecule has 4 aliphatic rings. The first-order chi connectivity index (χ1) is 24.2. The van der Waals surface area contributed by atoms with Gasteiger partial charge in [-0.1, -0.05) is 38.1 Å². The van der Waals surface area contributed by atoms with Gasteiger partial charge in [-0.2, -0.15) is 0 Å². The lowest BCUT2D eigenvalue weighted by atomic mass is 10.0. The number of hydrogen-bond donors (Lipinski definition) is 3. The molecule has 3 aliphatic heterocycles. The van der Waals surface area contributed by atoms with Crippen LogP contribution in [0.15, 0.2) is 30.9 Å². The molecule has 5 amide bonds. The number of nitrogens with one attached hydrogen (secondary N) is 3. The Kier molecular flexibility index (Phi) is 11.7. The molecule has 0 spiro atoms. The van der Waals surface area contributed by atoms with Crippen LogP contribution in [0.2, 0.25) is 0 Å². The van der Waals surface area contributed by atoms with Crippen molar-refractivity contribution < 1.29 is 46.3 Å². The maximum absolute atomic E-state index is 14.8. The minimum absolute atomic E-state index is 0.0451. The van der Waals surface area contributed by atoms with Crippen LogP contribution in [0.5, 0.6) is 0 Å². The third kappa shape index (κ3) is 8.71. The third-order valence-corrected chi connectivity index (χ3v) is 11.9. The lowest BCUT2D eigenvalue weighted by molar-refractivity contribution is -0.141. The van der Waals surface area contributed by atoms with Crippen LogP contribution in [0, 0.1) is 17.4 Å². The molecule has 14 nitrogen and oxygen atoms in total. The van der Waals surface area contributed by atoms with Gasteiger partial charge in [-0.05, 0) is 48.8 Å². The first kappa shape index (κ1) is 37.8. The molecule has 1 aromatic rings. The Bertz CT molecular complexity index is 1770. The molecule has 51 heavy (non-hydrogen) atoms. The number of ether oxygens (including phenoxy) is 2. The fourth-order valence-electron chi connectivity index (χ4n) is 6.27. The third-order valence-electron chi connectivity index (χ3n) is 9.24. The van der Waals surface area contributed by atoms with Crippen LogP contribution in [0.1, 0.15) is 62.6 Å². The van der Waals surface area contributed by atoms with Crippen LogP contribution < -0.4 is 15.4 Å². The average Bonchev–Trinajstić information content (AvgIpc) is 3.72. The normalized spacial score (nSPS) is 24.5. The van der Waals surface area contributed by atoms with Gasteiger partial charge < -0.3 is 25.0 Å². The molecule has 3 heterocycles. The summed E-state index contributed by atoms with van der Waals surface area (Å²) in [4.78, 5) is 70.1. The van der Waals surface area contributed by atoms with E-state index >= 15 is 0 Å². The average molecular weight is 748 g/mol. The van der Waals surface area contributed by atoms with Gasteiger partial charge in [-0.3, -0.25) is 24.0 Å². The minimum Gasteiger partial charge on any atom is -0.450 e. The van der Waals surface area contributed by atoms with Gasteiger partial charge >= 0.3 is 12.2 Å². The summed E-state index contributed by atoms with van der Waals surface area (Å²) in [6.07, 6.45) is 3.90. The number of sulfonamides is 1. The standard InChI is InChI=1S/C34H42FN5O9S2/c1-5-27(50-4)29(31(42)38-51(46,47)22-11-12-22)36-30(41)26-15-21-16-40(26)32(43)28(19(2)3)37-33(44)48-14-8-6-7-9-20-10-13-25(35)24-18-39(17-23(20)24)34(45)49-21/h4-5,7,9-10,13,19,21-22,26-29H,1,6,8,11-12,14-18H2,2-3H3,(H,36,41)(H,37,44)(H,38,42)/b9-7+/t21-,26+,27+,28+,29?/m1/s1. The van der Waals surface area contributed by atoms with E-state index in [9.17, 15) is 36.8 Å². The van der Waals surface area contributed by atoms with Gasteiger partial charge in [0.2, 0.25) is 21.8 Å². The molecule has 1 unspecified atom stereocenters. The molecule has 276 valence electrons. The Labute approximate surface area is 299 Å². The summed E-state index contributed by atoms with van der Waals surface area (Å²) in [5, 5.41) is 3.44. The smallest absolute Gasteiger partial charge is 0.410 e. The Balaban J connectivity index is 1.43. The number of cyclic esters (lactones) is 1. The van der Waals surface area contributed by atoms with Crippen molar-refractivity contribution in [2.45, 2.75) is 93.8 Å². The number of benzene rings is 1. The molecule has 4 bridgehead atoms. The molecule has 1 saturated carbocycles. The number of nitrogens with zero attached hydrogens (tertiary/aromatic N) is 2. The SMILES string of the molecule is C#S[C@@H](C=C)C(NC(=O)[C@@H]1C[C@@H]2CN1C(=O)[C@H](C(C)C)NC(=O)OCCC/C=C/c1ccc(F)c3c1CN(C3)C(=O)O2)C(=O)NS(=O)(=O)C1CC1. The molecule has 0 aromatic heterocycles. The number of fused-ring (bicyclic) bond motifs is 3. The second-order valence-electron chi connectivity index (χ2n) is 13.3. The number of rotatable bonds is 8. The summed E-state index contributed by atoms with van der Waals surface area (Å²) in [6.45, 7) is 6.85. The Morgan fingerprint density at radius 3 is 2.57 bits per heavy atom. The highest BCUT2D eigenvalue weighted by Crippen LogP contribution is 2.32. The lowest BCUT2D eigenvalue weighted by Crippen LogP contribution is -2.59. The Hall–Kier alpha value is -4.47. The van der Waals surface area contributed by atoms with E-state index in [2.05, 4.69) is 17.2 Å². The minimum atomic E-state index is -3.99. The van der Waals surface area contributed by atoms with Gasteiger partial charge in [0.1, 0.15) is 30.0 Å². The van der Waals surface area contributed by atoms with E-state index in [0.717, 1.165) is 10.5 Å². The van der Waals surface area contributed by atoms with E-state index in [0.29, 0.717) is 48.0 Å². The van der Waals surface area contributed by atoms with E-state index in [-0.39, 0.29) is 32.7 Å². The van der Waals surface area contributed by atoms with Crippen molar-refractivity contribution in [2.75, 3.05) is 13.2 Å². The molecule has 3 N–H and O–H groups in total. The molecule has 1 saturated heterocycles. The van der Waals surface area contributed by atoms with Crippen LogP contribution in [0.25, 0.3) is 6.08 Å². The first-order valence-electron chi connectivity index (χ1n) is 16.7. The second-order valence-corrected chi connectivity index (χ2v) is 16.1. The van der Waals surface area contributed by atoms with E-state index < -0.39 is 86.4 Å². The van der Waals surface area contributed by atoms with Gasteiger partial charge in [0.15, 0.2) is 0 Å². The van der Waals surface area contributed by atoms with Crippen molar-refractivity contribution in [3.05, 3.63) is 53.4 Å². The molecule has 2 fully saturated rings. The molecule has 5 rings (SSSR count). The molecule has 1 aromatic carbocycles. The van der Waals surface area contributed by atoms with Gasteiger partial charge in [-0.15, -0.1) is 23.4 Å². The van der Waals surface area contributed by atoms with Crippen LogP contribution in [0.3, 0.4) is 0 Å². The summed E-state index contributed by atoms with van der Waals surface area (Å²) in [5.74, 6) is -3.50. The van der Waals surface area contributed by atoms with E-state index in [1.807, 2.05) is 16.9 Å². The summed E-state index contributed by atoms with van der Waals surface area (Å²) in [6, 6.07) is -1.03. The first-order valence-corrected chi connectivity index (χ1v) is 19.2. The summed E-state index contributed by atoms with van der Waals surface area (Å²) in [7, 11) is -3.99. The fourth-order valence-corrected chi connectivity index (χ4v) is 8.06. The maximum atomic E-state index is 14.8. The number of hydrogen-bond acceptors (Lipinski definition) is 9. The predicted octanol–water partition coefficient (Wildman–Crippen LogP) is 2.78. The summed E-state index contributed by atoms with van der Waals surface area (Å²) in [5.41, 5.74) is 7.48. The van der Waals surface area contributed by atoms with Crippen molar-refractivity contribution in [3.8, 4) is 5.69 Å². The number of carbonyl (C=O) groups is 5. The molecule has 17 heteroatoms. The molecule has 0 radical (unpaired) electrons. The van der Waals surface area contributed by atoms with Crippen LogP contribution in [-0.2, 0) is 47.0 Å². The zero-order chi connectivity index (χ0) is 37.0. The molecular weight excluding hydrogens is 706 g/mol. The highest BCUT2D eigenvalue weighted by molar-refractivity contribution is 7.91. The summed E-state index contributed by atoms with van der Waals surface area (Å²) < 4.78 is 53.2. The monoisotopic (exact) mass is 747 g/mol. The molecule has 5 atom stereocenters. The number of carbonyl (C=O) groups excluding carboxylic acids is 5. The summed E-state index contributed by atoms with van der Waals surface area (Å²) >= 11 is 0.660. The van der Waals surface area contributed by atoms with Gasteiger partial charge in [-0.25, -0.2) is 22.4 Å². The zero-order valence-electron chi connectivity index (χ0n) is 28.3. The van der Waals surface area contributed by atoms with E-state index in [4.69, 9.17) is 15.2 Å². The number of allylic oxidation sites excluding steroid dienone is 1. The van der Waals surface area contributed by atoms with Crippen molar-refractivity contribution in [1.82, 2.24) is 25.2 Å². The largest absolute Gasteiger partial charge is 0.450 e. The second kappa shape index (κ2) is 15.8. The highest BCUT2D eigenvalue weighted by atomic mass is 32.2. The number of alkyl carbamates (subject to hydrolysis) is 1. The van der Waals surface area contributed by atoms with Gasteiger partial charge in [0.25, 0.3) is 5.91 Å². The maximum Gasteiger partial charge on any atom is 0.410 e. The van der Waals surface area contributed by atoms with Gasteiger partial charge in [0, 0.05) is 12.0 Å². The van der Waals surface area contributed by atoms with Crippen molar-refractivity contribution in [1.29, 1.82) is 0 Å². The Morgan fingerprint density at radius 2 is 1.90 bits per heavy atom. The highest BCUT2D eigenvalue weighted by Gasteiger charge is 2.47. The fraction of sp³-hybridized carbons (Fsp3) is 0.529. The predicted molar refractivity (Wildman–Crippen MR) is 186 cm³/mol. The number of amides is 5. The van der Waals surface area contributed by atoms with Crippen LogP contribution in [-0.4, -0.2) is 96.0 Å². The van der Waals surface area contributed by atoms with Gasteiger partial charge in [0.05, 0.1) is 36.7 Å².